The summed E-state index contributed by atoms with van der Waals surface area (Å²) in [5.74, 6) is 0. The number of anilines is 1. The van der Waals surface area contributed by atoms with Gasteiger partial charge in [0.1, 0.15) is 17.7 Å². The van der Waals surface area contributed by atoms with Gasteiger partial charge in [-0.2, -0.15) is 10.5 Å². The lowest BCUT2D eigenvalue weighted by Gasteiger charge is -2.12. The zero-order valence-corrected chi connectivity index (χ0v) is 14.7. The van der Waals surface area contributed by atoms with Crippen LogP contribution in [0.5, 0.6) is 0 Å². The normalized spacial score (nSPS) is 10.4. The van der Waals surface area contributed by atoms with Gasteiger partial charge in [0.2, 0.25) is 0 Å². The fourth-order valence-electron chi connectivity index (χ4n) is 3.03. The van der Waals surface area contributed by atoms with Crippen LogP contribution in [0.4, 0.5) is 5.69 Å². The van der Waals surface area contributed by atoms with Crippen LogP contribution in [0.25, 0.3) is 32.5 Å². The number of thiophene rings is 1. The molecule has 5 nitrogen and oxygen atoms in total. The summed E-state index contributed by atoms with van der Waals surface area (Å²) in [6.45, 7) is 0. The maximum atomic E-state index is 12.6. The minimum Gasteiger partial charge on any atom is -0.422 e. The van der Waals surface area contributed by atoms with Crippen LogP contribution in [0.15, 0.2) is 63.1 Å². The van der Waals surface area contributed by atoms with Crippen molar-refractivity contribution in [3.63, 3.8) is 0 Å². The summed E-state index contributed by atoms with van der Waals surface area (Å²) in [5, 5.41) is 21.8. The predicted molar refractivity (Wildman–Crippen MR) is 105 cm³/mol. The molecule has 2 aromatic carbocycles. The van der Waals surface area contributed by atoms with Crippen molar-refractivity contribution in [1.29, 1.82) is 10.5 Å². The molecular weight excluding hydrogens is 358 g/mol. The maximum absolute atomic E-state index is 12.6. The molecule has 0 radical (unpaired) electrons. The van der Waals surface area contributed by atoms with Crippen molar-refractivity contribution >= 4 is 28.0 Å². The van der Waals surface area contributed by atoms with E-state index in [1.54, 1.807) is 24.3 Å². The molecular formula is C21H11N3O2S. The third-order valence-electron chi connectivity index (χ3n) is 4.31. The SMILES string of the molecule is N#Cc1c(-c2cccs2)cc(-c2cc3ccccc3oc2=O)c(C#N)c1N. The van der Waals surface area contributed by atoms with Crippen LogP contribution in [-0.4, -0.2) is 0 Å². The Morgan fingerprint density at radius 2 is 1.67 bits per heavy atom. The van der Waals surface area contributed by atoms with Crippen molar-refractivity contribution < 1.29 is 4.42 Å². The molecule has 0 bridgehead atoms. The van der Waals surface area contributed by atoms with Crippen LogP contribution < -0.4 is 11.4 Å². The summed E-state index contributed by atoms with van der Waals surface area (Å²) in [5.41, 5.74) is 7.60. The van der Waals surface area contributed by atoms with Crippen molar-refractivity contribution in [3.05, 3.63) is 75.5 Å². The number of nitriles is 2. The number of hydrogen-bond donors (Lipinski definition) is 1. The van der Waals surface area contributed by atoms with E-state index < -0.39 is 5.63 Å². The van der Waals surface area contributed by atoms with E-state index in [1.165, 1.54) is 11.3 Å². The molecule has 0 aliphatic heterocycles. The van der Waals surface area contributed by atoms with Crippen molar-refractivity contribution in [2.75, 3.05) is 5.73 Å². The first-order valence-electron chi connectivity index (χ1n) is 7.98. The summed E-state index contributed by atoms with van der Waals surface area (Å²) in [6, 6.07) is 18.3. The molecule has 4 rings (SSSR count). The highest BCUT2D eigenvalue weighted by Crippen LogP contribution is 2.38. The van der Waals surface area contributed by atoms with Gasteiger partial charge in [-0.1, -0.05) is 24.3 Å². The molecule has 0 spiro atoms. The minimum absolute atomic E-state index is 0.0634. The summed E-state index contributed by atoms with van der Waals surface area (Å²) in [6.07, 6.45) is 0. The third kappa shape index (κ3) is 2.65. The summed E-state index contributed by atoms with van der Waals surface area (Å²) in [7, 11) is 0. The molecule has 0 aliphatic rings. The first-order chi connectivity index (χ1) is 13.1. The minimum atomic E-state index is -0.563. The van der Waals surface area contributed by atoms with E-state index in [9.17, 15) is 15.3 Å². The average Bonchev–Trinajstić information content (AvgIpc) is 3.21. The number of para-hydroxylation sites is 1. The second-order valence-electron chi connectivity index (χ2n) is 5.82. The van der Waals surface area contributed by atoms with E-state index in [-0.39, 0.29) is 22.4 Å². The molecule has 0 atom stereocenters. The molecule has 27 heavy (non-hydrogen) atoms. The highest BCUT2D eigenvalue weighted by Gasteiger charge is 2.21. The Balaban J connectivity index is 2.10. The maximum Gasteiger partial charge on any atom is 0.344 e. The fourth-order valence-corrected chi connectivity index (χ4v) is 3.78. The van der Waals surface area contributed by atoms with Crippen LogP contribution in [-0.2, 0) is 0 Å². The topological polar surface area (TPSA) is 104 Å². The third-order valence-corrected chi connectivity index (χ3v) is 5.21. The van der Waals surface area contributed by atoms with Crippen molar-refractivity contribution in [2.24, 2.45) is 0 Å². The number of nitrogens with two attached hydrogens (primary N) is 1. The van der Waals surface area contributed by atoms with E-state index in [4.69, 9.17) is 10.2 Å². The smallest absolute Gasteiger partial charge is 0.344 e. The van der Waals surface area contributed by atoms with Gasteiger partial charge in [0.05, 0.1) is 22.4 Å². The fraction of sp³-hybridized carbons (Fsp3) is 0. The lowest BCUT2D eigenvalue weighted by molar-refractivity contribution is 0.563. The monoisotopic (exact) mass is 369 g/mol. The molecule has 128 valence electrons. The average molecular weight is 369 g/mol. The zero-order valence-electron chi connectivity index (χ0n) is 13.9. The van der Waals surface area contributed by atoms with Crippen molar-refractivity contribution in [3.8, 4) is 33.7 Å². The first-order valence-corrected chi connectivity index (χ1v) is 8.86. The second-order valence-corrected chi connectivity index (χ2v) is 6.77. The molecule has 0 unspecified atom stereocenters. The number of hydrogen-bond acceptors (Lipinski definition) is 6. The molecule has 4 aromatic rings. The van der Waals surface area contributed by atoms with Gasteiger partial charge in [0.15, 0.2) is 0 Å². The molecule has 0 saturated carbocycles. The van der Waals surface area contributed by atoms with E-state index in [1.807, 2.05) is 35.7 Å². The molecule has 0 fully saturated rings. The van der Waals surface area contributed by atoms with Crippen LogP contribution in [0, 0.1) is 22.7 Å². The molecule has 0 amide bonds. The molecule has 2 aromatic heterocycles. The summed E-state index contributed by atoms with van der Waals surface area (Å²) >= 11 is 1.45. The Kier molecular flexibility index (Phi) is 3.97. The molecule has 0 aliphatic carbocycles. The lowest BCUT2D eigenvalue weighted by atomic mass is 9.92. The van der Waals surface area contributed by atoms with Crippen LogP contribution in [0.2, 0.25) is 0 Å². The van der Waals surface area contributed by atoms with E-state index >= 15 is 0 Å². The van der Waals surface area contributed by atoms with Gasteiger partial charge in [-0.05, 0) is 29.6 Å². The van der Waals surface area contributed by atoms with Gasteiger partial charge in [0, 0.05) is 21.4 Å². The molecule has 0 saturated heterocycles. The summed E-state index contributed by atoms with van der Waals surface area (Å²) in [4.78, 5) is 13.4. The number of nitrogens with zero attached hydrogens (tertiary/aromatic N) is 2. The van der Waals surface area contributed by atoms with Gasteiger partial charge in [-0.25, -0.2) is 4.79 Å². The van der Waals surface area contributed by atoms with Crippen LogP contribution in [0.1, 0.15) is 11.1 Å². The Hall–Kier alpha value is -3.87. The number of nitrogen functional groups attached to an aromatic ring is 1. The zero-order chi connectivity index (χ0) is 19.0. The largest absolute Gasteiger partial charge is 0.422 e. The quantitative estimate of drug-likeness (QED) is 0.413. The van der Waals surface area contributed by atoms with Crippen molar-refractivity contribution in [1.82, 2.24) is 0 Å². The Morgan fingerprint density at radius 3 is 2.37 bits per heavy atom. The van der Waals surface area contributed by atoms with Gasteiger partial charge in [-0.15, -0.1) is 11.3 Å². The van der Waals surface area contributed by atoms with E-state index in [2.05, 4.69) is 6.07 Å². The molecule has 2 heterocycles. The standard InChI is InChI=1S/C21H11N3O2S/c22-10-16-13(15-8-12-4-1-2-5-18(12)26-21(15)25)9-14(17(11-23)20(16)24)19-6-3-7-27-19/h1-9H,24H2. The molecule has 2 N–H and O–H groups in total. The second kappa shape index (κ2) is 6.45. The van der Waals surface area contributed by atoms with Crippen molar-refractivity contribution in [2.45, 2.75) is 0 Å². The molecule has 6 heteroatoms. The summed E-state index contributed by atoms with van der Waals surface area (Å²) < 4.78 is 5.41. The Morgan fingerprint density at radius 1 is 0.926 bits per heavy atom. The van der Waals surface area contributed by atoms with Gasteiger partial charge in [-0.3, -0.25) is 0 Å². The Bertz CT molecular complexity index is 1320. The predicted octanol–water partition coefficient (Wildman–Crippen LogP) is 4.51. The lowest BCUT2D eigenvalue weighted by Crippen LogP contribution is -2.07. The van der Waals surface area contributed by atoms with Gasteiger partial charge < -0.3 is 10.2 Å². The van der Waals surface area contributed by atoms with E-state index in [0.717, 1.165) is 10.3 Å². The highest BCUT2D eigenvalue weighted by atomic mass is 32.1. The van der Waals surface area contributed by atoms with Crippen LogP contribution in [0.3, 0.4) is 0 Å². The highest BCUT2D eigenvalue weighted by molar-refractivity contribution is 7.13. The Labute approximate surface area is 158 Å². The van der Waals surface area contributed by atoms with E-state index in [0.29, 0.717) is 16.7 Å². The van der Waals surface area contributed by atoms with Gasteiger partial charge >= 0.3 is 5.63 Å². The van der Waals surface area contributed by atoms with Gasteiger partial charge in [0.25, 0.3) is 0 Å². The number of benzene rings is 2. The number of rotatable bonds is 2. The number of fused-ring (bicyclic) bond motifs is 1. The first kappa shape index (κ1) is 16.6. The van der Waals surface area contributed by atoms with Crippen LogP contribution >= 0.6 is 11.3 Å².